The molecule has 2 heterocycles. The van der Waals surface area contributed by atoms with Gasteiger partial charge in [-0.25, -0.2) is 4.79 Å². The molecule has 2 rings (SSSR count). The average molecular weight is 453 g/mol. The third-order valence-corrected chi connectivity index (χ3v) is 5.68. The molecule has 10 nitrogen and oxygen atoms in total. The van der Waals surface area contributed by atoms with Crippen LogP contribution in [0.3, 0.4) is 0 Å². The van der Waals surface area contributed by atoms with Crippen molar-refractivity contribution >= 4 is 5.97 Å². The minimum Gasteiger partial charge on any atom is -0.479 e. The zero-order chi connectivity index (χ0) is 24.5. The smallest absolute Gasteiger partial charge is 0.335 e. The lowest BCUT2D eigenvalue weighted by Crippen LogP contribution is -2.62. The third-order valence-electron chi connectivity index (χ3n) is 5.68. The second kappa shape index (κ2) is 10.4. The highest BCUT2D eigenvalue weighted by Crippen LogP contribution is 2.34. The van der Waals surface area contributed by atoms with E-state index >= 15 is 0 Å². The SMILES string of the molecule is CC(C)(C)[C@@H]1O[C@H](C(=O)O)[C@@H](O)[C@H](O)[C@H]1O.CC[C@H]1O[C@@H](C(C)(C)C)[C@H](O)[C@@H](O)[C@H]1O. The third kappa shape index (κ3) is 6.58. The van der Waals surface area contributed by atoms with Crippen LogP contribution < -0.4 is 0 Å². The summed E-state index contributed by atoms with van der Waals surface area (Å²) >= 11 is 0. The fraction of sp³-hybridized carbons (Fsp3) is 0.952. The van der Waals surface area contributed by atoms with Gasteiger partial charge in [-0.2, -0.15) is 0 Å². The highest BCUT2D eigenvalue weighted by Gasteiger charge is 2.50. The summed E-state index contributed by atoms with van der Waals surface area (Å²) in [4.78, 5) is 10.8. The average Bonchev–Trinajstić information content (AvgIpc) is 2.62. The number of carboxylic acid groups (broad SMARTS) is 1. The standard InChI is InChI=1S/C11H22O4.C10H18O6/c1-5-6-7(12)8(13)9(14)10(15-6)11(2,3)4;1-10(2,3)8-6(13)4(11)5(12)7(16-8)9(14)15/h6-10,12-14H,5H2,1-4H3;4-8,11-13H,1-3H3,(H,14,15)/t6-,7+,8+,9-,10-;4-,5-,6+,7-,8+/m10/s1. The van der Waals surface area contributed by atoms with Crippen LogP contribution in [0.2, 0.25) is 0 Å². The van der Waals surface area contributed by atoms with Gasteiger partial charge in [0.2, 0.25) is 0 Å². The van der Waals surface area contributed by atoms with Gasteiger partial charge < -0.3 is 45.2 Å². The molecule has 0 aliphatic carbocycles. The van der Waals surface area contributed by atoms with Crippen molar-refractivity contribution in [3.8, 4) is 0 Å². The minimum absolute atomic E-state index is 0.256. The van der Waals surface area contributed by atoms with Gasteiger partial charge in [0.1, 0.15) is 36.6 Å². The van der Waals surface area contributed by atoms with Crippen LogP contribution in [0.1, 0.15) is 54.9 Å². The van der Waals surface area contributed by atoms with Crippen molar-refractivity contribution < 1.29 is 50.0 Å². The second-order valence-electron chi connectivity index (χ2n) is 10.5. The Morgan fingerprint density at radius 3 is 1.42 bits per heavy atom. The molecule has 2 fully saturated rings. The normalized spacial score (nSPS) is 41.8. The molecular formula is C21H40O10. The van der Waals surface area contributed by atoms with Crippen molar-refractivity contribution in [3.63, 3.8) is 0 Å². The van der Waals surface area contributed by atoms with E-state index in [1.807, 2.05) is 27.7 Å². The monoisotopic (exact) mass is 452 g/mol. The lowest BCUT2D eigenvalue weighted by molar-refractivity contribution is -0.246. The van der Waals surface area contributed by atoms with Crippen LogP contribution in [0.4, 0.5) is 0 Å². The first kappa shape index (κ1) is 28.2. The Hall–Kier alpha value is -0.850. The van der Waals surface area contributed by atoms with E-state index in [1.165, 1.54) is 0 Å². The number of hydrogen-bond donors (Lipinski definition) is 7. The number of aliphatic hydroxyl groups excluding tert-OH is 6. The number of aliphatic hydroxyl groups is 6. The fourth-order valence-electron chi connectivity index (χ4n) is 3.80. The van der Waals surface area contributed by atoms with Crippen molar-refractivity contribution in [2.45, 2.75) is 116 Å². The van der Waals surface area contributed by atoms with Crippen molar-refractivity contribution in [2.24, 2.45) is 10.8 Å². The number of carboxylic acids is 1. The molecule has 10 atom stereocenters. The van der Waals surface area contributed by atoms with E-state index in [1.54, 1.807) is 20.8 Å². The minimum atomic E-state index is -1.62. The molecule has 2 saturated heterocycles. The lowest BCUT2D eigenvalue weighted by atomic mass is 9.80. The van der Waals surface area contributed by atoms with Crippen LogP contribution in [0.5, 0.6) is 0 Å². The predicted octanol–water partition coefficient (Wildman–Crippen LogP) is -0.740. The molecule has 2 aliphatic rings. The highest BCUT2D eigenvalue weighted by atomic mass is 16.6. The molecule has 184 valence electrons. The highest BCUT2D eigenvalue weighted by molar-refractivity contribution is 5.73. The van der Waals surface area contributed by atoms with Gasteiger partial charge >= 0.3 is 5.97 Å². The Balaban J connectivity index is 0.000000311. The second-order valence-corrected chi connectivity index (χ2v) is 10.5. The molecule has 7 N–H and O–H groups in total. The summed E-state index contributed by atoms with van der Waals surface area (Å²) in [5.41, 5.74) is -0.789. The Morgan fingerprint density at radius 1 is 0.677 bits per heavy atom. The fourth-order valence-corrected chi connectivity index (χ4v) is 3.80. The van der Waals surface area contributed by atoms with Crippen LogP contribution in [-0.4, -0.2) is 103 Å². The molecule has 0 amide bonds. The molecule has 0 saturated carbocycles. The molecule has 0 aromatic carbocycles. The molecule has 0 aromatic heterocycles. The maximum atomic E-state index is 10.8. The van der Waals surface area contributed by atoms with Crippen molar-refractivity contribution in [3.05, 3.63) is 0 Å². The van der Waals surface area contributed by atoms with Gasteiger partial charge in [0, 0.05) is 0 Å². The van der Waals surface area contributed by atoms with Crippen LogP contribution in [0, 0.1) is 10.8 Å². The molecular weight excluding hydrogens is 412 g/mol. The molecule has 2 aliphatic heterocycles. The van der Waals surface area contributed by atoms with E-state index < -0.39 is 72.4 Å². The summed E-state index contributed by atoms with van der Waals surface area (Å²) < 4.78 is 10.8. The van der Waals surface area contributed by atoms with Crippen LogP contribution in [0.25, 0.3) is 0 Å². The van der Waals surface area contributed by atoms with E-state index in [-0.39, 0.29) is 5.41 Å². The molecule has 31 heavy (non-hydrogen) atoms. The van der Waals surface area contributed by atoms with E-state index in [4.69, 9.17) is 14.6 Å². The Labute approximate surface area is 183 Å². The first-order chi connectivity index (χ1) is 13.9. The van der Waals surface area contributed by atoms with E-state index in [2.05, 4.69) is 0 Å². The van der Waals surface area contributed by atoms with Crippen LogP contribution in [0.15, 0.2) is 0 Å². The number of ether oxygens (including phenoxy) is 2. The first-order valence-electron chi connectivity index (χ1n) is 10.6. The molecule has 0 bridgehead atoms. The zero-order valence-electron chi connectivity index (χ0n) is 19.3. The van der Waals surface area contributed by atoms with Crippen LogP contribution in [-0.2, 0) is 14.3 Å². The number of aliphatic carboxylic acids is 1. The summed E-state index contributed by atoms with van der Waals surface area (Å²) in [5.74, 6) is -1.35. The van der Waals surface area contributed by atoms with Gasteiger partial charge in [0.25, 0.3) is 0 Å². The van der Waals surface area contributed by atoms with Gasteiger partial charge in [0.05, 0.1) is 18.3 Å². The zero-order valence-corrected chi connectivity index (χ0v) is 19.3. The Kier molecular flexibility index (Phi) is 9.45. The summed E-state index contributed by atoms with van der Waals surface area (Å²) in [5, 5.41) is 66.7. The molecule has 10 heteroatoms. The van der Waals surface area contributed by atoms with E-state index in [0.29, 0.717) is 6.42 Å². The number of hydrogen-bond acceptors (Lipinski definition) is 9. The van der Waals surface area contributed by atoms with Crippen LogP contribution >= 0.6 is 0 Å². The Morgan fingerprint density at radius 2 is 1.06 bits per heavy atom. The maximum absolute atomic E-state index is 10.8. The summed E-state index contributed by atoms with van der Waals surface area (Å²) in [6.07, 6.45) is -10.1. The van der Waals surface area contributed by atoms with Gasteiger partial charge in [0.15, 0.2) is 6.10 Å². The van der Waals surface area contributed by atoms with Crippen molar-refractivity contribution in [1.82, 2.24) is 0 Å². The number of rotatable bonds is 2. The van der Waals surface area contributed by atoms with Crippen molar-refractivity contribution in [2.75, 3.05) is 0 Å². The number of carbonyl (C=O) groups is 1. The van der Waals surface area contributed by atoms with E-state index in [9.17, 15) is 35.4 Å². The van der Waals surface area contributed by atoms with Gasteiger partial charge in [-0.1, -0.05) is 48.5 Å². The molecule has 0 unspecified atom stereocenters. The summed E-state index contributed by atoms with van der Waals surface area (Å²) in [6.45, 7) is 13.0. The predicted molar refractivity (Wildman–Crippen MR) is 110 cm³/mol. The van der Waals surface area contributed by atoms with Gasteiger partial charge in [-0.3, -0.25) is 0 Å². The quantitative estimate of drug-likeness (QED) is 0.282. The molecule has 0 aromatic rings. The topological polar surface area (TPSA) is 177 Å². The molecule has 0 spiro atoms. The van der Waals surface area contributed by atoms with Gasteiger partial charge in [-0.15, -0.1) is 0 Å². The Bertz CT molecular complexity index is 582. The molecule has 0 radical (unpaired) electrons. The maximum Gasteiger partial charge on any atom is 0.335 e. The largest absolute Gasteiger partial charge is 0.479 e. The first-order valence-corrected chi connectivity index (χ1v) is 10.6. The van der Waals surface area contributed by atoms with Gasteiger partial charge in [-0.05, 0) is 17.3 Å². The van der Waals surface area contributed by atoms with Crippen molar-refractivity contribution in [1.29, 1.82) is 0 Å². The lowest BCUT2D eigenvalue weighted by Gasteiger charge is -2.45. The van der Waals surface area contributed by atoms with E-state index in [0.717, 1.165) is 0 Å². The summed E-state index contributed by atoms with van der Waals surface area (Å²) in [7, 11) is 0. The summed E-state index contributed by atoms with van der Waals surface area (Å²) in [6, 6.07) is 0.